The highest BCUT2D eigenvalue weighted by Crippen LogP contribution is 2.31. The molecule has 10 heteroatoms. The molecule has 9 nitrogen and oxygen atoms in total. The van der Waals surface area contributed by atoms with Crippen molar-refractivity contribution in [1.29, 1.82) is 0 Å². The lowest BCUT2D eigenvalue weighted by molar-refractivity contribution is -0.121. The van der Waals surface area contributed by atoms with Crippen LogP contribution in [0.1, 0.15) is 68.4 Å². The van der Waals surface area contributed by atoms with Gasteiger partial charge in [-0.2, -0.15) is 0 Å². The van der Waals surface area contributed by atoms with Gasteiger partial charge in [-0.05, 0) is 104 Å². The Labute approximate surface area is 319 Å². The average Bonchev–Trinajstić information content (AvgIpc) is 3.17. The normalized spacial score (nSPS) is 13.9. The van der Waals surface area contributed by atoms with Crippen molar-refractivity contribution < 1.29 is 18.7 Å². The first-order valence-corrected chi connectivity index (χ1v) is 18.8. The lowest BCUT2D eigenvalue weighted by Crippen LogP contribution is -2.48. The fourth-order valence-electron chi connectivity index (χ4n) is 5.95. The van der Waals surface area contributed by atoms with Gasteiger partial charge < -0.3 is 31.3 Å². The molecular weight excluding hydrogens is 680 g/mol. The highest BCUT2D eigenvalue weighted by atomic mass is 19.1. The first kappa shape index (κ1) is 41.1. The van der Waals surface area contributed by atoms with E-state index in [0.29, 0.717) is 37.6 Å². The van der Waals surface area contributed by atoms with Crippen LogP contribution in [0.15, 0.2) is 114 Å². The molecule has 1 heterocycles. The van der Waals surface area contributed by atoms with Gasteiger partial charge in [-0.25, -0.2) is 4.39 Å². The van der Waals surface area contributed by atoms with Crippen LogP contribution in [-0.4, -0.2) is 55.1 Å². The minimum Gasteiger partial charge on any atom is -0.457 e. The van der Waals surface area contributed by atoms with Crippen LogP contribution >= 0.6 is 0 Å². The van der Waals surface area contributed by atoms with E-state index < -0.39 is 0 Å². The Balaban J connectivity index is 0.000000395. The van der Waals surface area contributed by atoms with Crippen molar-refractivity contribution in [2.75, 3.05) is 37.6 Å². The fraction of sp³-hybridized carbons (Fsp3) is 0.341. The second-order valence-electron chi connectivity index (χ2n) is 13.8. The Kier molecular flexibility index (Phi) is 15.7. The number of primary amides is 1. The van der Waals surface area contributed by atoms with E-state index in [1.165, 1.54) is 12.1 Å². The maximum atomic E-state index is 13.5. The number of ether oxygens (including phenoxy) is 1. The van der Waals surface area contributed by atoms with Gasteiger partial charge in [0.15, 0.2) is 0 Å². The number of hydrogen-bond acceptors (Lipinski definition) is 7. The molecule has 0 bridgehead atoms. The largest absolute Gasteiger partial charge is 0.457 e. The summed E-state index contributed by atoms with van der Waals surface area (Å²) in [6.07, 6.45) is 4.57. The number of aryl methyl sites for hydroxylation is 1. The lowest BCUT2D eigenvalue weighted by atomic mass is 9.98. The van der Waals surface area contributed by atoms with Crippen LogP contribution in [0.3, 0.4) is 0 Å². The molecule has 5 N–H and O–H groups in total. The third-order valence-electron chi connectivity index (χ3n) is 9.19. The number of anilines is 1. The number of nitrogens with one attached hydrogen (secondary N) is 1. The summed E-state index contributed by atoms with van der Waals surface area (Å²) >= 11 is 0. The van der Waals surface area contributed by atoms with Crippen molar-refractivity contribution in [3.63, 3.8) is 0 Å². The van der Waals surface area contributed by atoms with Gasteiger partial charge in [0.05, 0.1) is 17.2 Å². The van der Waals surface area contributed by atoms with E-state index in [-0.39, 0.29) is 29.5 Å². The minimum absolute atomic E-state index is 0.00545. The summed E-state index contributed by atoms with van der Waals surface area (Å²) < 4.78 is 19.5. The molecule has 0 radical (unpaired) electrons. The number of amides is 2. The summed E-state index contributed by atoms with van der Waals surface area (Å²) in [5.41, 5.74) is 15.9. The van der Waals surface area contributed by atoms with Gasteiger partial charge in [-0.15, -0.1) is 0 Å². The number of allylic oxidation sites excluding steroid dienone is 1. The van der Waals surface area contributed by atoms with Gasteiger partial charge >= 0.3 is 0 Å². The lowest BCUT2D eigenvalue weighted by Gasteiger charge is -2.36. The van der Waals surface area contributed by atoms with Crippen molar-refractivity contribution in [1.82, 2.24) is 10.2 Å². The maximum absolute atomic E-state index is 13.5. The average molecular weight is 735 g/mol. The van der Waals surface area contributed by atoms with Gasteiger partial charge in [-0.3, -0.25) is 14.6 Å². The first-order chi connectivity index (χ1) is 26.0. The molecule has 1 atom stereocenters. The zero-order valence-corrected chi connectivity index (χ0v) is 32.2. The van der Waals surface area contributed by atoms with Gasteiger partial charge in [0.1, 0.15) is 17.3 Å². The molecular formula is C44H55FN6O3. The summed E-state index contributed by atoms with van der Waals surface area (Å²) in [6, 6.07) is 29.9. The molecule has 0 spiro atoms. The SMILES string of the molecule is CC/C=C(\N)NCCC[C@@H](C)C(N)=O.Cc1ccc(C(=O)N2CCN(c3ccc(F)cc3)CC2)cc1N=C(c1ccccc1Oc1ccccc1)C(C)C. The van der Waals surface area contributed by atoms with E-state index in [0.717, 1.165) is 65.5 Å². The molecule has 286 valence electrons. The summed E-state index contributed by atoms with van der Waals surface area (Å²) in [4.78, 5) is 33.3. The van der Waals surface area contributed by atoms with E-state index in [1.807, 2.05) is 105 Å². The minimum atomic E-state index is -0.247. The Bertz CT molecular complexity index is 1870. The maximum Gasteiger partial charge on any atom is 0.254 e. The number of rotatable bonds is 14. The summed E-state index contributed by atoms with van der Waals surface area (Å²) in [5, 5.41) is 3.06. The van der Waals surface area contributed by atoms with Crippen LogP contribution < -0.4 is 26.4 Å². The molecule has 0 saturated carbocycles. The molecule has 0 aromatic heterocycles. The number of aliphatic imine (C=N–C) groups is 1. The smallest absolute Gasteiger partial charge is 0.254 e. The molecule has 4 aromatic carbocycles. The highest BCUT2D eigenvalue weighted by Gasteiger charge is 2.23. The van der Waals surface area contributed by atoms with E-state index in [9.17, 15) is 14.0 Å². The van der Waals surface area contributed by atoms with Gasteiger partial charge in [-0.1, -0.05) is 64.1 Å². The zero-order valence-electron chi connectivity index (χ0n) is 32.2. The van der Waals surface area contributed by atoms with Gasteiger partial charge in [0.2, 0.25) is 5.91 Å². The Hall–Kier alpha value is -5.64. The van der Waals surface area contributed by atoms with Crippen LogP contribution in [0.25, 0.3) is 0 Å². The van der Waals surface area contributed by atoms with Crippen LogP contribution in [0, 0.1) is 24.6 Å². The molecule has 54 heavy (non-hydrogen) atoms. The number of nitrogens with two attached hydrogens (primary N) is 2. The summed E-state index contributed by atoms with van der Waals surface area (Å²) in [7, 11) is 0. The quantitative estimate of drug-likeness (QED) is 0.0884. The molecule has 5 rings (SSSR count). The van der Waals surface area contributed by atoms with E-state index >= 15 is 0 Å². The van der Waals surface area contributed by atoms with Crippen LogP contribution in [-0.2, 0) is 4.79 Å². The second-order valence-corrected chi connectivity index (χ2v) is 13.8. The third kappa shape index (κ3) is 12.2. The van der Waals surface area contributed by atoms with Crippen LogP contribution in [0.5, 0.6) is 11.5 Å². The van der Waals surface area contributed by atoms with E-state index in [2.05, 4.69) is 24.1 Å². The first-order valence-electron chi connectivity index (χ1n) is 18.8. The highest BCUT2D eigenvalue weighted by molar-refractivity contribution is 6.06. The molecule has 1 fully saturated rings. The second kappa shape index (κ2) is 20.6. The molecule has 1 saturated heterocycles. The van der Waals surface area contributed by atoms with Gasteiger partial charge in [0, 0.05) is 55.5 Å². The fourth-order valence-corrected chi connectivity index (χ4v) is 5.95. The predicted octanol–water partition coefficient (Wildman–Crippen LogP) is 8.35. The Morgan fingerprint density at radius 3 is 2.22 bits per heavy atom. The van der Waals surface area contributed by atoms with Crippen molar-refractivity contribution in [2.45, 2.75) is 53.9 Å². The summed E-state index contributed by atoms with van der Waals surface area (Å²) in [5.74, 6) is 1.80. The van der Waals surface area contributed by atoms with E-state index in [4.69, 9.17) is 21.2 Å². The molecule has 0 unspecified atom stereocenters. The number of benzene rings is 4. The Morgan fingerprint density at radius 2 is 1.57 bits per heavy atom. The molecule has 1 aliphatic heterocycles. The molecule has 4 aromatic rings. The number of hydrogen-bond donors (Lipinski definition) is 3. The van der Waals surface area contributed by atoms with Crippen molar-refractivity contribution in [2.24, 2.45) is 28.3 Å². The topological polar surface area (TPSA) is 126 Å². The van der Waals surface area contributed by atoms with Crippen molar-refractivity contribution in [3.05, 3.63) is 131 Å². The summed E-state index contributed by atoms with van der Waals surface area (Å²) in [6.45, 7) is 13.5. The van der Waals surface area contributed by atoms with E-state index in [1.54, 1.807) is 12.1 Å². The van der Waals surface area contributed by atoms with Crippen molar-refractivity contribution >= 4 is 28.9 Å². The number of halogens is 1. The van der Waals surface area contributed by atoms with Crippen molar-refractivity contribution in [3.8, 4) is 11.5 Å². The predicted molar refractivity (Wildman–Crippen MR) is 218 cm³/mol. The number of carbonyl (C=O) groups excluding carboxylic acids is 2. The van der Waals surface area contributed by atoms with Crippen LogP contribution in [0.4, 0.5) is 15.8 Å². The van der Waals surface area contributed by atoms with Gasteiger partial charge in [0.25, 0.3) is 5.91 Å². The molecule has 1 aliphatic rings. The third-order valence-corrected chi connectivity index (χ3v) is 9.19. The zero-order chi connectivity index (χ0) is 39.0. The van der Waals surface area contributed by atoms with Crippen LogP contribution in [0.2, 0.25) is 0 Å². The number of piperazine rings is 1. The number of carbonyl (C=O) groups is 2. The molecule has 0 aliphatic carbocycles. The number of nitrogens with zero attached hydrogens (tertiary/aromatic N) is 3. The standard InChI is InChI=1S/C34H34FN3O2.C10H21N3O/c1-24(2)33(30-11-7-8-12-32(30)40-29-9-5-4-6-10-29)36-31-23-26(14-13-25(31)3)34(39)38-21-19-37(20-22-38)28-17-15-27(35)16-18-28;1-3-5-9(11)13-7-4-6-8(2)10(12)14/h4-18,23-24H,19-22H2,1-3H3;5,8,13H,3-4,6-7,11H2,1-2H3,(H2,12,14)/b;9-5+/t;8-/m.1/s1. The number of para-hydroxylation sites is 2. The monoisotopic (exact) mass is 734 g/mol. The molecule has 2 amide bonds. The Morgan fingerprint density at radius 1 is 0.907 bits per heavy atom.